The average Bonchev–Trinajstić information content (AvgIpc) is 2.24. The zero-order valence-corrected chi connectivity index (χ0v) is 10.5. The first-order chi connectivity index (χ1) is 7.63. The normalized spacial score (nSPS) is 9.12. The molecule has 0 bridgehead atoms. The van der Waals surface area contributed by atoms with Crippen LogP contribution >= 0.6 is 15.9 Å². The molecule has 3 nitrogen and oxygen atoms in total. The summed E-state index contributed by atoms with van der Waals surface area (Å²) >= 11 is 3.18. The van der Waals surface area contributed by atoms with Gasteiger partial charge >= 0.3 is 0 Å². The number of phenolic OH excluding ortho intramolecular Hbond substituents is 1. The van der Waals surface area contributed by atoms with Crippen LogP contribution < -0.4 is 5.32 Å². The number of aromatic hydroxyl groups is 1. The molecule has 2 N–H and O–H groups in total. The van der Waals surface area contributed by atoms with Crippen LogP contribution in [0.1, 0.15) is 12.5 Å². The Hall–Kier alpha value is -1.47. The lowest BCUT2D eigenvalue weighted by Gasteiger charge is -2.03. The summed E-state index contributed by atoms with van der Waals surface area (Å²) in [5.41, 5.74) is 0.766. The van der Waals surface area contributed by atoms with Gasteiger partial charge < -0.3 is 10.4 Å². The number of nitrogens with one attached hydrogen (secondary N) is 1. The number of amides is 1. The van der Waals surface area contributed by atoms with Crippen molar-refractivity contribution in [2.75, 3.05) is 6.54 Å². The van der Waals surface area contributed by atoms with Gasteiger partial charge in [-0.25, -0.2) is 0 Å². The Labute approximate surface area is 103 Å². The molecule has 1 aromatic carbocycles. The SMILES string of the molecule is CC#CCNC(=O)Cc1ccc(Br)c(O)c1. The molecule has 4 heteroatoms. The highest BCUT2D eigenvalue weighted by atomic mass is 79.9. The highest BCUT2D eigenvalue weighted by Gasteiger charge is 2.04. The first-order valence-corrected chi connectivity index (χ1v) is 5.56. The number of carbonyl (C=O) groups excluding carboxylic acids is 1. The molecule has 0 unspecified atom stereocenters. The maximum absolute atomic E-state index is 11.4. The van der Waals surface area contributed by atoms with Crippen LogP contribution in [0.25, 0.3) is 0 Å². The molecule has 0 spiro atoms. The third-order valence-corrected chi connectivity index (χ3v) is 2.60. The second kappa shape index (κ2) is 6.19. The van der Waals surface area contributed by atoms with E-state index in [2.05, 4.69) is 33.1 Å². The van der Waals surface area contributed by atoms with Crippen molar-refractivity contribution >= 4 is 21.8 Å². The van der Waals surface area contributed by atoms with Gasteiger partial charge in [0.15, 0.2) is 0 Å². The first kappa shape index (κ1) is 12.6. The van der Waals surface area contributed by atoms with E-state index >= 15 is 0 Å². The van der Waals surface area contributed by atoms with Crippen molar-refractivity contribution in [3.63, 3.8) is 0 Å². The Morgan fingerprint density at radius 3 is 2.94 bits per heavy atom. The van der Waals surface area contributed by atoms with Crippen molar-refractivity contribution in [1.29, 1.82) is 0 Å². The lowest BCUT2D eigenvalue weighted by Crippen LogP contribution is -2.25. The van der Waals surface area contributed by atoms with Crippen molar-refractivity contribution < 1.29 is 9.90 Å². The molecule has 0 atom stereocenters. The third kappa shape index (κ3) is 3.95. The molecule has 16 heavy (non-hydrogen) atoms. The lowest BCUT2D eigenvalue weighted by atomic mass is 10.1. The number of benzene rings is 1. The van der Waals surface area contributed by atoms with E-state index in [1.165, 1.54) is 0 Å². The van der Waals surface area contributed by atoms with Crippen molar-refractivity contribution in [2.45, 2.75) is 13.3 Å². The molecular weight excluding hydrogens is 270 g/mol. The fraction of sp³-hybridized carbons (Fsp3) is 0.250. The number of halogens is 1. The molecule has 0 saturated carbocycles. The van der Waals surface area contributed by atoms with E-state index in [1.54, 1.807) is 25.1 Å². The minimum Gasteiger partial charge on any atom is -0.507 e. The average molecular weight is 282 g/mol. The van der Waals surface area contributed by atoms with E-state index in [4.69, 9.17) is 0 Å². The second-order valence-electron chi connectivity index (χ2n) is 3.17. The number of hydrogen-bond acceptors (Lipinski definition) is 2. The standard InChI is InChI=1S/C12H12BrNO2/c1-2-3-6-14-12(16)8-9-4-5-10(13)11(15)7-9/h4-5,7,15H,6,8H2,1H3,(H,14,16). The molecule has 0 aliphatic rings. The summed E-state index contributed by atoms with van der Waals surface area (Å²) in [4.78, 5) is 11.4. The topological polar surface area (TPSA) is 49.3 Å². The molecule has 0 radical (unpaired) electrons. The number of hydrogen-bond donors (Lipinski definition) is 2. The molecule has 1 rings (SSSR count). The van der Waals surface area contributed by atoms with Gasteiger partial charge in [0.25, 0.3) is 0 Å². The largest absolute Gasteiger partial charge is 0.507 e. The summed E-state index contributed by atoms with van der Waals surface area (Å²) < 4.78 is 0.619. The van der Waals surface area contributed by atoms with Gasteiger partial charge in [0.1, 0.15) is 5.75 Å². The zero-order chi connectivity index (χ0) is 12.0. The van der Waals surface area contributed by atoms with Gasteiger partial charge in [0.2, 0.25) is 5.91 Å². The summed E-state index contributed by atoms with van der Waals surface area (Å²) in [6.07, 6.45) is 0.242. The van der Waals surface area contributed by atoms with E-state index in [0.29, 0.717) is 11.0 Å². The zero-order valence-electron chi connectivity index (χ0n) is 8.88. The van der Waals surface area contributed by atoms with Gasteiger partial charge in [-0.3, -0.25) is 4.79 Å². The van der Waals surface area contributed by atoms with Crippen LogP contribution in [-0.2, 0) is 11.2 Å². The van der Waals surface area contributed by atoms with Gasteiger partial charge in [-0.1, -0.05) is 12.0 Å². The Kier molecular flexibility index (Phi) is 4.87. The monoisotopic (exact) mass is 281 g/mol. The molecule has 1 aromatic rings. The lowest BCUT2D eigenvalue weighted by molar-refractivity contribution is -0.120. The van der Waals surface area contributed by atoms with Gasteiger partial charge in [-0.05, 0) is 40.5 Å². The molecule has 0 aliphatic carbocycles. The van der Waals surface area contributed by atoms with Crippen molar-refractivity contribution in [3.05, 3.63) is 28.2 Å². The van der Waals surface area contributed by atoms with Gasteiger partial charge in [0.05, 0.1) is 17.4 Å². The minimum absolute atomic E-state index is 0.107. The molecule has 0 saturated heterocycles. The highest BCUT2D eigenvalue weighted by Crippen LogP contribution is 2.24. The minimum atomic E-state index is -0.107. The first-order valence-electron chi connectivity index (χ1n) is 4.77. The van der Waals surface area contributed by atoms with Crippen LogP contribution in [0.2, 0.25) is 0 Å². The van der Waals surface area contributed by atoms with Crippen LogP contribution in [0.4, 0.5) is 0 Å². The molecule has 0 heterocycles. The van der Waals surface area contributed by atoms with Crippen LogP contribution in [-0.4, -0.2) is 17.6 Å². The van der Waals surface area contributed by atoms with Crippen LogP contribution in [0, 0.1) is 11.8 Å². The van der Waals surface area contributed by atoms with Crippen molar-refractivity contribution in [3.8, 4) is 17.6 Å². The Morgan fingerprint density at radius 1 is 1.56 bits per heavy atom. The van der Waals surface area contributed by atoms with E-state index < -0.39 is 0 Å². The summed E-state index contributed by atoms with van der Waals surface area (Å²) in [5.74, 6) is 5.47. The summed E-state index contributed by atoms with van der Waals surface area (Å²) in [7, 11) is 0. The Bertz CT molecular complexity index is 446. The predicted octanol–water partition coefficient (Wildman–Crippen LogP) is 1.84. The molecule has 84 valence electrons. The maximum Gasteiger partial charge on any atom is 0.225 e. The van der Waals surface area contributed by atoms with Crippen LogP contribution in [0.5, 0.6) is 5.75 Å². The van der Waals surface area contributed by atoms with Gasteiger partial charge in [-0.2, -0.15) is 0 Å². The van der Waals surface area contributed by atoms with Crippen molar-refractivity contribution in [2.24, 2.45) is 0 Å². The van der Waals surface area contributed by atoms with E-state index in [0.717, 1.165) is 5.56 Å². The molecule has 1 amide bonds. The maximum atomic E-state index is 11.4. The summed E-state index contributed by atoms with van der Waals surface area (Å²) in [6, 6.07) is 5.06. The van der Waals surface area contributed by atoms with Crippen LogP contribution in [0.3, 0.4) is 0 Å². The van der Waals surface area contributed by atoms with Crippen molar-refractivity contribution in [1.82, 2.24) is 5.32 Å². The Balaban J connectivity index is 2.55. The third-order valence-electron chi connectivity index (χ3n) is 1.93. The molecule has 0 fully saturated rings. The molecular formula is C12H12BrNO2. The summed E-state index contributed by atoms with van der Waals surface area (Å²) in [5, 5.41) is 12.1. The summed E-state index contributed by atoms with van der Waals surface area (Å²) in [6.45, 7) is 2.08. The van der Waals surface area contributed by atoms with E-state index in [-0.39, 0.29) is 18.1 Å². The molecule has 0 aromatic heterocycles. The number of phenols is 1. The fourth-order valence-electron chi connectivity index (χ4n) is 1.15. The molecule has 0 aliphatic heterocycles. The quantitative estimate of drug-likeness (QED) is 0.831. The predicted molar refractivity (Wildman–Crippen MR) is 66.0 cm³/mol. The van der Waals surface area contributed by atoms with Gasteiger partial charge in [-0.15, -0.1) is 5.92 Å². The van der Waals surface area contributed by atoms with Gasteiger partial charge in [0, 0.05) is 0 Å². The Morgan fingerprint density at radius 2 is 2.31 bits per heavy atom. The second-order valence-corrected chi connectivity index (χ2v) is 4.02. The smallest absolute Gasteiger partial charge is 0.225 e. The van der Waals surface area contributed by atoms with Crippen LogP contribution in [0.15, 0.2) is 22.7 Å². The number of rotatable bonds is 3. The van der Waals surface area contributed by atoms with E-state index in [1.807, 2.05) is 0 Å². The highest BCUT2D eigenvalue weighted by molar-refractivity contribution is 9.10. The number of carbonyl (C=O) groups is 1. The van der Waals surface area contributed by atoms with E-state index in [9.17, 15) is 9.90 Å². The fourth-order valence-corrected chi connectivity index (χ4v) is 1.39.